The number of halogens is 1. The van der Waals surface area contributed by atoms with Crippen LogP contribution in [0.4, 0.5) is 5.69 Å². The molecule has 2 amide bonds. The van der Waals surface area contributed by atoms with E-state index in [1.165, 1.54) is 4.31 Å². The molecule has 0 unspecified atom stereocenters. The van der Waals surface area contributed by atoms with Gasteiger partial charge in [0.2, 0.25) is 16.4 Å². The summed E-state index contributed by atoms with van der Waals surface area (Å²) in [6.45, 7) is 2.06. The van der Waals surface area contributed by atoms with Crippen LogP contribution < -0.4 is 4.31 Å². The number of hydrogen-bond donors (Lipinski definition) is 0. The van der Waals surface area contributed by atoms with Gasteiger partial charge in [0, 0.05) is 36.8 Å². The molecule has 1 saturated heterocycles. The van der Waals surface area contributed by atoms with E-state index in [4.69, 9.17) is 11.6 Å². The Morgan fingerprint density at radius 1 is 1.07 bits per heavy atom. The average Bonchev–Trinajstić information content (AvgIpc) is 2.72. The maximum atomic E-state index is 12.7. The molecule has 29 heavy (non-hydrogen) atoms. The van der Waals surface area contributed by atoms with Crippen molar-refractivity contribution in [3.8, 4) is 0 Å². The fourth-order valence-corrected chi connectivity index (χ4v) is 4.24. The van der Waals surface area contributed by atoms with Crippen LogP contribution in [0.5, 0.6) is 0 Å². The topological polar surface area (TPSA) is 78.0 Å². The second-order valence-corrected chi connectivity index (χ2v) is 9.16. The second kappa shape index (κ2) is 8.84. The first kappa shape index (κ1) is 21.1. The van der Waals surface area contributed by atoms with Crippen molar-refractivity contribution in [1.29, 1.82) is 0 Å². The van der Waals surface area contributed by atoms with E-state index in [-0.39, 0.29) is 12.5 Å². The van der Waals surface area contributed by atoms with Crippen molar-refractivity contribution in [3.05, 3.63) is 64.7 Å². The first-order valence-electron chi connectivity index (χ1n) is 9.09. The summed E-state index contributed by atoms with van der Waals surface area (Å²) in [5, 5.41) is 0.488. The van der Waals surface area contributed by atoms with E-state index < -0.39 is 10.0 Å². The number of hydrogen-bond acceptors (Lipinski definition) is 4. The summed E-state index contributed by atoms with van der Waals surface area (Å²) in [7, 11) is -3.55. The Bertz CT molecular complexity index is 987. The lowest BCUT2D eigenvalue weighted by Crippen LogP contribution is -2.48. The number of carbonyl (C=O) groups is 2. The van der Waals surface area contributed by atoms with Crippen molar-refractivity contribution in [2.24, 2.45) is 0 Å². The van der Waals surface area contributed by atoms with Crippen molar-refractivity contribution >= 4 is 39.6 Å². The lowest BCUT2D eigenvalue weighted by Gasteiger charge is -2.32. The van der Waals surface area contributed by atoms with Gasteiger partial charge in [-0.2, -0.15) is 0 Å². The molecule has 0 aromatic heterocycles. The van der Waals surface area contributed by atoms with Crippen molar-refractivity contribution < 1.29 is 18.0 Å². The highest BCUT2D eigenvalue weighted by Crippen LogP contribution is 2.25. The highest BCUT2D eigenvalue weighted by Gasteiger charge is 2.23. The molecule has 1 aliphatic rings. The van der Waals surface area contributed by atoms with Gasteiger partial charge in [0.15, 0.2) is 0 Å². The first-order valence-corrected chi connectivity index (χ1v) is 11.3. The molecule has 1 fully saturated rings. The Morgan fingerprint density at radius 3 is 2.24 bits per heavy atom. The molecule has 0 aliphatic carbocycles. The summed E-state index contributed by atoms with van der Waals surface area (Å²) >= 11 is 6.18. The fourth-order valence-electron chi connectivity index (χ4n) is 3.16. The van der Waals surface area contributed by atoms with E-state index in [0.717, 1.165) is 12.7 Å². The lowest BCUT2D eigenvalue weighted by atomic mass is 10.1. The van der Waals surface area contributed by atoms with Crippen LogP contribution in [-0.2, 0) is 21.4 Å². The van der Waals surface area contributed by atoms with Crippen LogP contribution in [0.25, 0.3) is 0 Å². The van der Waals surface area contributed by atoms with Crippen molar-refractivity contribution in [2.45, 2.75) is 6.54 Å². The van der Waals surface area contributed by atoms with Crippen LogP contribution >= 0.6 is 11.6 Å². The maximum Gasteiger partial charge on any atom is 0.253 e. The Hall–Kier alpha value is -2.58. The van der Waals surface area contributed by atoms with Gasteiger partial charge in [-0.1, -0.05) is 29.8 Å². The van der Waals surface area contributed by atoms with E-state index in [1.807, 2.05) is 0 Å². The summed E-state index contributed by atoms with van der Waals surface area (Å²) < 4.78 is 26.0. The monoisotopic (exact) mass is 435 g/mol. The van der Waals surface area contributed by atoms with Crippen LogP contribution in [0.15, 0.2) is 48.5 Å². The van der Waals surface area contributed by atoms with Gasteiger partial charge in [-0.3, -0.25) is 13.9 Å². The standard InChI is InChI=1S/C20H22ClN3O4S/c1-29(27,28)24(14-17-4-2-3-5-19(17)21)18-8-6-16(7-9-18)20(26)23-12-10-22(15-25)11-13-23/h2-9,15H,10-14H2,1H3. The third-order valence-electron chi connectivity index (χ3n) is 4.82. The molecule has 0 bridgehead atoms. The number of amides is 2. The first-order chi connectivity index (χ1) is 13.8. The number of anilines is 1. The van der Waals surface area contributed by atoms with Crippen LogP contribution in [-0.4, -0.2) is 63.0 Å². The number of nitrogens with zero attached hydrogens (tertiary/aromatic N) is 3. The van der Waals surface area contributed by atoms with Gasteiger partial charge in [0.05, 0.1) is 18.5 Å². The zero-order chi connectivity index (χ0) is 21.0. The van der Waals surface area contributed by atoms with Crippen molar-refractivity contribution in [1.82, 2.24) is 9.80 Å². The van der Waals surface area contributed by atoms with E-state index in [0.29, 0.717) is 48.0 Å². The Balaban J connectivity index is 1.78. The number of benzene rings is 2. The molecule has 0 spiro atoms. The quantitative estimate of drug-likeness (QED) is 0.652. The van der Waals surface area contributed by atoms with Gasteiger partial charge in [-0.25, -0.2) is 8.42 Å². The van der Waals surface area contributed by atoms with Crippen LogP contribution in [0, 0.1) is 0 Å². The van der Waals surface area contributed by atoms with Gasteiger partial charge < -0.3 is 9.80 Å². The molecule has 0 N–H and O–H groups in total. The summed E-state index contributed by atoms with van der Waals surface area (Å²) in [4.78, 5) is 26.8. The zero-order valence-corrected chi connectivity index (χ0v) is 17.6. The lowest BCUT2D eigenvalue weighted by molar-refractivity contribution is -0.119. The third kappa shape index (κ3) is 5.07. The van der Waals surface area contributed by atoms with Gasteiger partial charge in [0.25, 0.3) is 5.91 Å². The predicted octanol–water partition coefficient (Wildman–Crippen LogP) is 2.22. The van der Waals surface area contributed by atoms with E-state index in [2.05, 4.69) is 0 Å². The summed E-state index contributed by atoms with van der Waals surface area (Å²) in [6.07, 6.45) is 1.92. The molecule has 9 heteroatoms. The van der Waals surface area contributed by atoms with Crippen LogP contribution in [0.2, 0.25) is 5.02 Å². The number of rotatable bonds is 6. The maximum absolute atomic E-state index is 12.7. The minimum absolute atomic E-state index is 0.0967. The molecule has 2 aromatic carbocycles. The van der Waals surface area contributed by atoms with Crippen molar-refractivity contribution in [3.63, 3.8) is 0 Å². The normalized spacial score (nSPS) is 14.6. The fraction of sp³-hybridized carbons (Fsp3) is 0.300. The van der Waals surface area contributed by atoms with Gasteiger partial charge in [-0.15, -0.1) is 0 Å². The zero-order valence-electron chi connectivity index (χ0n) is 16.0. The Labute approximate surface area is 175 Å². The van der Waals surface area contributed by atoms with E-state index >= 15 is 0 Å². The van der Waals surface area contributed by atoms with Gasteiger partial charge in [-0.05, 0) is 35.9 Å². The molecule has 1 aliphatic heterocycles. The highest BCUT2D eigenvalue weighted by molar-refractivity contribution is 7.92. The molecule has 0 saturated carbocycles. The molecular weight excluding hydrogens is 414 g/mol. The molecule has 2 aromatic rings. The molecule has 3 rings (SSSR count). The molecule has 0 atom stereocenters. The Morgan fingerprint density at radius 2 is 1.69 bits per heavy atom. The van der Waals surface area contributed by atoms with E-state index in [1.54, 1.807) is 58.3 Å². The van der Waals surface area contributed by atoms with E-state index in [9.17, 15) is 18.0 Å². The van der Waals surface area contributed by atoms with Gasteiger partial charge >= 0.3 is 0 Å². The highest BCUT2D eigenvalue weighted by atomic mass is 35.5. The van der Waals surface area contributed by atoms with Gasteiger partial charge in [0.1, 0.15) is 0 Å². The summed E-state index contributed by atoms with van der Waals surface area (Å²) in [6, 6.07) is 13.5. The number of sulfonamides is 1. The predicted molar refractivity (Wildman–Crippen MR) is 112 cm³/mol. The third-order valence-corrected chi connectivity index (χ3v) is 6.33. The molecule has 0 radical (unpaired) electrons. The smallest absolute Gasteiger partial charge is 0.253 e. The SMILES string of the molecule is CS(=O)(=O)N(Cc1ccccc1Cl)c1ccc(C(=O)N2CCN(C=O)CC2)cc1. The molecule has 7 nitrogen and oxygen atoms in total. The number of piperazine rings is 1. The summed E-state index contributed by atoms with van der Waals surface area (Å²) in [5.41, 5.74) is 1.61. The minimum Gasteiger partial charge on any atom is -0.342 e. The Kier molecular flexibility index (Phi) is 6.44. The number of carbonyl (C=O) groups excluding carboxylic acids is 2. The van der Waals surface area contributed by atoms with Crippen LogP contribution in [0.1, 0.15) is 15.9 Å². The minimum atomic E-state index is -3.55. The van der Waals surface area contributed by atoms with Crippen molar-refractivity contribution in [2.75, 3.05) is 36.7 Å². The summed E-state index contributed by atoms with van der Waals surface area (Å²) in [5.74, 6) is -0.140. The largest absolute Gasteiger partial charge is 0.342 e. The second-order valence-electron chi connectivity index (χ2n) is 6.84. The van der Waals surface area contributed by atoms with Crippen LogP contribution in [0.3, 0.4) is 0 Å². The average molecular weight is 436 g/mol. The molecular formula is C20H22ClN3O4S. The molecule has 154 valence electrons. The molecule has 1 heterocycles.